The third-order valence-electron chi connectivity index (χ3n) is 5.71. The Morgan fingerprint density at radius 3 is 2.73 bits per heavy atom. The van der Waals surface area contributed by atoms with Gasteiger partial charge < -0.3 is 14.7 Å². The number of hydrogen-bond acceptors (Lipinski definition) is 6. The number of hydrogen-bond donors (Lipinski definition) is 1. The summed E-state index contributed by atoms with van der Waals surface area (Å²) in [7, 11) is 1.99. The minimum Gasteiger partial charge on any atom is -0.382 e. The van der Waals surface area contributed by atoms with Crippen LogP contribution in [0.15, 0.2) is 61.1 Å². The number of aliphatic hydroxyl groups is 1. The SMILES string of the molecule is CCOCCN(C)c1ccc2c(-c3cc(C(O)c4ncccc4C)ccc3F)ncnc2c1. The lowest BCUT2D eigenvalue weighted by Gasteiger charge is -2.20. The third-order valence-corrected chi connectivity index (χ3v) is 5.71. The molecule has 0 radical (unpaired) electrons. The molecule has 7 heteroatoms. The number of fused-ring (bicyclic) bond motifs is 1. The number of anilines is 1. The Hall–Kier alpha value is -3.42. The van der Waals surface area contributed by atoms with Gasteiger partial charge >= 0.3 is 0 Å². The highest BCUT2D eigenvalue weighted by Crippen LogP contribution is 2.33. The van der Waals surface area contributed by atoms with E-state index in [4.69, 9.17) is 4.74 Å². The topological polar surface area (TPSA) is 71.4 Å². The van der Waals surface area contributed by atoms with E-state index in [1.807, 2.05) is 51.2 Å². The standard InChI is InChI=1S/C26H27FN4O2/c1-4-33-13-12-31(3)19-8-9-20-23(15-19)29-16-30-25(20)21-14-18(7-10-22(21)27)26(32)24-17(2)6-5-11-28-24/h5-11,14-16,26,32H,4,12-13H2,1-3H3. The van der Waals surface area contributed by atoms with Gasteiger partial charge in [-0.2, -0.15) is 0 Å². The smallest absolute Gasteiger partial charge is 0.132 e. The summed E-state index contributed by atoms with van der Waals surface area (Å²) in [6.45, 7) is 5.92. The summed E-state index contributed by atoms with van der Waals surface area (Å²) in [5, 5.41) is 11.6. The van der Waals surface area contributed by atoms with Gasteiger partial charge in [0.2, 0.25) is 0 Å². The van der Waals surface area contributed by atoms with Crippen molar-refractivity contribution in [3.8, 4) is 11.3 Å². The van der Waals surface area contributed by atoms with Gasteiger partial charge in [0.1, 0.15) is 18.2 Å². The Morgan fingerprint density at radius 2 is 1.94 bits per heavy atom. The first kappa shape index (κ1) is 22.8. The van der Waals surface area contributed by atoms with E-state index in [0.29, 0.717) is 41.2 Å². The maximum Gasteiger partial charge on any atom is 0.132 e. The monoisotopic (exact) mass is 446 g/mol. The number of rotatable bonds is 8. The van der Waals surface area contributed by atoms with Crippen LogP contribution in [0.5, 0.6) is 0 Å². The molecule has 6 nitrogen and oxygen atoms in total. The molecule has 4 rings (SSSR count). The molecule has 33 heavy (non-hydrogen) atoms. The van der Waals surface area contributed by atoms with Crippen LogP contribution >= 0.6 is 0 Å². The molecular formula is C26H27FN4O2. The summed E-state index contributed by atoms with van der Waals surface area (Å²) in [6.07, 6.45) is 2.11. The predicted octanol–water partition coefficient (Wildman–Crippen LogP) is 4.69. The molecule has 0 bridgehead atoms. The number of ether oxygens (including phenoxy) is 1. The van der Waals surface area contributed by atoms with E-state index in [1.165, 1.54) is 12.4 Å². The fraction of sp³-hybridized carbons (Fsp3) is 0.269. The van der Waals surface area contributed by atoms with E-state index < -0.39 is 11.9 Å². The minimum absolute atomic E-state index is 0.310. The van der Waals surface area contributed by atoms with Crippen LogP contribution in [-0.2, 0) is 4.74 Å². The first-order valence-corrected chi connectivity index (χ1v) is 10.9. The molecule has 1 atom stereocenters. The molecule has 0 spiro atoms. The van der Waals surface area contributed by atoms with Crippen LogP contribution in [0.4, 0.5) is 10.1 Å². The first-order chi connectivity index (χ1) is 16.0. The van der Waals surface area contributed by atoms with Gasteiger partial charge in [0, 0.05) is 43.0 Å². The van der Waals surface area contributed by atoms with E-state index in [2.05, 4.69) is 19.9 Å². The van der Waals surface area contributed by atoms with Crippen molar-refractivity contribution in [1.82, 2.24) is 15.0 Å². The number of aryl methyl sites for hydroxylation is 1. The third kappa shape index (κ3) is 4.84. The van der Waals surface area contributed by atoms with E-state index >= 15 is 0 Å². The van der Waals surface area contributed by atoms with Crippen LogP contribution in [0.1, 0.15) is 29.8 Å². The molecular weight excluding hydrogens is 419 g/mol. The van der Waals surface area contributed by atoms with Crippen LogP contribution < -0.4 is 4.90 Å². The summed E-state index contributed by atoms with van der Waals surface area (Å²) in [5.41, 5.74) is 4.45. The second kappa shape index (κ2) is 10.0. The molecule has 2 heterocycles. The second-order valence-electron chi connectivity index (χ2n) is 7.89. The van der Waals surface area contributed by atoms with Crippen molar-refractivity contribution in [2.24, 2.45) is 0 Å². The number of pyridine rings is 1. The van der Waals surface area contributed by atoms with Gasteiger partial charge in [0.05, 0.1) is 23.5 Å². The van der Waals surface area contributed by atoms with Crippen molar-refractivity contribution in [2.75, 3.05) is 31.7 Å². The summed E-state index contributed by atoms with van der Waals surface area (Å²) in [6, 6.07) is 14.1. The van der Waals surface area contributed by atoms with Crippen LogP contribution in [-0.4, -0.2) is 46.9 Å². The highest BCUT2D eigenvalue weighted by molar-refractivity contribution is 5.94. The predicted molar refractivity (Wildman–Crippen MR) is 128 cm³/mol. The van der Waals surface area contributed by atoms with Gasteiger partial charge in [-0.05, 0) is 61.4 Å². The molecule has 0 saturated carbocycles. The highest BCUT2D eigenvalue weighted by atomic mass is 19.1. The molecule has 0 fully saturated rings. The molecule has 0 aliphatic rings. The van der Waals surface area contributed by atoms with Gasteiger partial charge in [-0.1, -0.05) is 12.1 Å². The summed E-state index contributed by atoms with van der Waals surface area (Å²) in [4.78, 5) is 15.2. The highest BCUT2D eigenvalue weighted by Gasteiger charge is 2.18. The molecule has 2 aromatic carbocycles. The Balaban J connectivity index is 1.71. The van der Waals surface area contributed by atoms with Crippen molar-refractivity contribution >= 4 is 16.6 Å². The zero-order chi connectivity index (χ0) is 23.4. The van der Waals surface area contributed by atoms with Gasteiger partial charge in [0.15, 0.2) is 0 Å². The average molecular weight is 447 g/mol. The van der Waals surface area contributed by atoms with Crippen molar-refractivity contribution in [2.45, 2.75) is 20.0 Å². The molecule has 2 aromatic heterocycles. The van der Waals surface area contributed by atoms with Crippen LogP contribution in [0.25, 0.3) is 22.2 Å². The summed E-state index contributed by atoms with van der Waals surface area (Å²) in [5.74, 6) is -0.415. The zero-order valence-corrected chi connectivity index (χ0v) is 19.0. The van der Waals surface area contributed by atoms with Crippen LogP contribution in [0.3, 0.4) is 0 Å². The number of aromatic nitrogens is 3. The fourth-order valence-corrected chi connectivity index (χ4v) is 3.81. The van der Waals surface area contributed by atoms with Crippen LogP contribution in [0.2, 0.25) is 0 Å². The number of aliphatic hydroxyl groups excluding tert-OH is 1. The zero-order valence-electron chi connectivity index (χ0n) is 19.0. The number of benzene rings is 2. The minimum atomic E-state index is -0.968. The van der Waals surface area contributed by atoms with Gasteiger partial charge in [-0.25, -0.2) is 14.4 Å². The molecule has 0 amide bonds. The van der Waals surface area contributed by atoms with Crippen LogP contribution in [0, 0.1) is 12.7 Å². The van der Waals surface area contributed by atoms with Crippen molar-refractivity contribution < 1.29 is 14.2 Å². The van der Waals surface area contributed by atoms with Crippen molar-refractivity contribution in [3.63, 3.8) is 0 Å². The largest absolute Gasteiger partial charge is 0.382 e. The van der Waals surface area contributed by atoms with E-state index in [9.17, 15) is 9.50 Å². The molecule has 4 aromatic rings. The Morgan fingerprint density at radius 1 is 1.09 bits per heavy atom. The van der Waals surface area contributed by atoms with Crippen molar-refractivity contribution in [1.29, 1.82) is 0 Å². The van der Waals surface area contributed by atoms with E-state index in [0.717, 1.165) is 23.2 Å². The average Bonchev–Trinajstić information content (AvgIpc) is 2.83. The lowest BCUT2D eigenvalue weighted by atomic mass is 9.98. The van der Waals surface area contributed by atoms with Gasteiger partial charge in [-0.3, -0.25) is 4.98 Å². The maximum absolute atomic E-state index is 14.9. The van der Waals surface area contributed by atoms with Gasteiger partial charge in [-0.15, -0.1) is 0 Å². The van der Waals surface area contributed by atoms with Crippen molar-refractivity contribution in [3.05, 3.63) is 83.7 Å². The Bertz CT molecular complexity index is 1260. The second-order valence-corrected chi connectivity index (χ2v) is 7.89. The molecule has 170 valence electrons. The molecule has 0 aliphatic heterocycles. The normalized spacial score (nSPS) is 12.2. The fourth-order valence-electron chi connectivity index (χ4n) is 3.81. The Labute approximate surface area is 192 Å². The molecule has 0 aliphatic carbocycles. The molecule has 0 saturated heterocycles. The molecule has 1 N–H and O–H groups in total. The lowest BCUT2D eigenvalue weighted by molar-refractivity contribution is 0.154. The summed E-state index contributed by atoms with van der Waals surface area (Å²) < 4.78 is 20.4. The first-order valence-electron chi connectivity index (χ1n) is 10.9. The lowest BCUT2D eigenvalue weighted by Crippen LogP contribution is -2.22. The number of likely N-dealkylation sites (N-methyl/N-ethyl adjacent to an activating group) is 1. The Kier molecular flexibility index (Phi) is 6.91. The quantitative estimate of drug-likeness (QED) is 0.396. The number of halogens is 1. The van der Waals surface area contributed by atoms with Gasteiger partial charge in [0.25, 0.3) is 0 Å². The number of nitrogens with zero attached hydrogens (tertiary/aromatic N) is 4. The molecule has 1 unspecified atom stereocenters. The van der Waals surface area contributed by atoms with E-state index in [-0.39, 0.29) is 0 Å². The van der Waals surface area contributed by atoms with E-state index in [1.54, 1.807) is 18.3 Å². The maximum atomic E-state index is 14.9. The summed E-state index contributed by atoms with van der Waals surface area (Å²) >= 11 is 0.